The van der Waals surface area contributed by atoms with Crippen LogP contribution >= 0.6 is 0 Å². The number of furan rings is 1. The molecule has 136 valence electrons. The molecule has 0 aliphatic heterocycles. The van der Waals surface area contributed by atoms with Crippen molar-refractivity contribution >= 4 is 16.9 Å². The van der Waals surface area contributed by atoms with Gasteiger partial charge in [-0.3, -0.25) is 4.79 Å². The molecule has 1 aliphatic rings. The van der Waals surface area contributed by atoms with Crippen molar-refractivity contribution in [1.29, 1.82) is 0 Å². The molecule has 0 saturated heterocycles. The van der Waals surface area contributed by atoms with Gasteiger partial charge in [0, 0.05) is 17.9 Å². The van der Waals surface area contributed by atoms with Crippen LogP contribution in [0.15, 0.2) is 33.2 Å². The summed E-state index contributed by atoms with van der Waals surface area (Å²) in [5.74, 6) is 1.22. The molecule has 1 saturated carbocycles. The highest BCUT2D eigenvalue weighted by Gasteiger charge is 2.39. The van der Waals surface area contributed by atoms with Crippen LogP contribution in [0.1, 0.15) is 66.4 Å². The number of fused-ring (bicyclic) bond motifs is 1. The summed E-state index contributed by atoms with van der Waals surface area (Å²) in [6.45, 7) is 3.69. The third-order valence-corrected chi connectivity index (χ3v) is 5.32. The predicted octanol–water partition coefficient (Wildman–Crippen LogP) is 4.41. The maximum atomic E-state index is 13.1. The predicted molar refractivity (Wildman–Crippen MR) is 96.8 cm³/mol. The first-order valence-corrected chi connectivity index (χ1v) is 9.20. The first-order chi connectivity index (χ1) is 12.6. The number of nitrogens with zero attached hydrogens (tertiary/aromatic N) is 2. The average Bonchev–Trinajstić information content (AvgIpc) is 3.13. The molecule has 1 fully saturated rings. The fourth-order valence-corrected chi connectivity index (χ4v) is 3.90. The lowest BCUT2D eigenvalue weighted by Crippen LogP contribution is -2.46. The Morgan fingerprint density at radius 3 is 2.50 bits per heavy atom. The minimum absolute atomic E-state index is 0.219. The van der Waals surface area contributed by atoms with E-state index >= 15 is 0 Å². The van der Waals surface area contributed by atoms with E-state index in [9.17, 15) is 4.79 Å². The van der Waals surface area contributed by atoms with Crippen LogP contribution in [0, 0.1) is 13.8 Å². The van der Waals surface area contributed by atoms with Crippen LogP contribution in [-0.4, -0.2) is 16.0 Å². The number of hydrogen-bond donors (Lipinski definition) is 1. The molecule has 26 heavy (non-hydrogen) atoms. The Hall–Kier alpha value is -2.63. The SMILES string of the molecule is Cc1nc(C2(NC(=O)c3oc4ccccc4c3C)CCCCCC2)no1. The highest BCUT2D eigenvalue weighted by Crippen LogP contribution is 2.35. The van der Waals surface area contributed by atoms with Crippen molar-refractivity contribution in [1.82, 2.24) is 15.5 Å². The second-order valence-electron chi connectivity index (χ2n) is 7.14. The number of carbonyl (C=O) groups is 1. The van der Waals surface area contributed by atoms with Crippen molar-refractivity contribution in [3.63, 3.8) is 0 Å². The molecule has 0 spiro atoms. The van der Waals surface area contributed by atoms with Crippen LogP contribution in [0.4, 0.5) is 0 Å². The molecule has 6 nitrogen and oxygen atoms in total. The second-order valence-corrected chi connectivity index (χ2v) is 7.14. The van der Waals surface area contributed by atoms with Gasteiger partial charge < -0.3 is 14.3 Å². The summed E-state index contributed by atoms with van der Waals surface area (Å²) in [6, 6.07) is 7.70. The topological polar surface area (TPSA) is 81.2 Å². The Bertz CT molecular complexity index is 933. The van der Waals surface area contributed by atoms with E-state index in [-0.39, 0.29) is 5.91 Å². The summed E-state index contributed by atoms with van der Waals surface area (Å²) in [5, 5.41) is 8.30. The van der Waals surface area contributed by atoms with Crippen molar-refractivity contribution in [2.45, 2.75) is 57.9 Å². The minimum Gasteiger partial charge on any atom is -0.451 e. The number of nitrogens with one attached hydrogen (secondary N) is 1. The van der Waals surface area contributed by atoms with E-state index in [1.165, 1.54) is 0 Å². The number of benzene rings is 1. The van der Waals surface area contributed by atoms with E-state index < -0.39 is 5.54 Å². The highest BCUT2D eigenvalue weighted by molar-refractivity contribution is 5.99. The van der Waals surface area contributed by atoms with Gasteiger partial charge in [0.25, 0.3) is 5.91 Å². The van der Waals surface area contributed by atoms with E-state index in [1.54, 1.807) is 6.92 Å². The Morgan fingerprint density at radius 1 is 1.12 bits per heavy atom. The van der Waals surface area contributed by atoms with E-state index in [4.69, 9.17) is 8.94 Å². The van der Waals surface area contributed by atoms with Gasteiger partial charge in [0.2, 0.25) is 5.89 Å². The van der Waals surface area contributed by atoms with E-state index in [2.05, 4.69) is 15.5 Å². The lowest BCUT2D eigenvalue weighted by Gasteiger charge is -2.30. The van der Waals surface area contributed by atoms with Gasteiger partial charge in [0.15, 0.2) is 11.6 Å². The lowest BCUT2D eigenvalue weighted by molar-refractivity contribution is 0.0849. The average molecular weight is 353 g/mol. The van der Waals surface area contributed by atoms with Crippen molar-refractivity contribution in [3.05, 3.63) is 47.3 Å². The molecule has 0 bridgehead atoms. The zero-order chi connectivity index (χ0) is 18.1. The number of aryl methyl sites for hydroxylation is 2. The number of amides is 1. The van der Waals surface area contributed by atoms with Gasteiger partial charge in [-0.1, -0.05) is 49.0 Å². The zero-order valence-electron chi connectivity index (χ0n) is 15.2. The molecule has 1 aromatic carbocycles. The monoisotopic (exact) mass is 353 g/mol. The Labute approximate surface area is 152 Å². The normalized spacial score (nSPS) is 17.2. The fraction of sp³-hybridized carbons (Fsp3) is 0.450. The first-order valence-electron chi connectivity index (χ1n) is 9.20. The van der Waals surface area contributed by atoms with Crippen LogP contribution in [-0.2, 0) is 5.54 Å². The number of hydrogen-bond acceptors (Lipinski definition) is 5. The molecule has 1 N–H and O–H groups in total. The third-order valence-electron chi connectivity index (χ3n) is 5.32. The van der Waals surface area contributed by atoms with E-state index in [0.29, 0.717) is 17.5 Å². The maximum Gasteiger partial charge on any atom is 0.288 e. The van der Waals surface area contributed by atoms with Crippen LogP contribution < -0.4 is 5.32 Å². The summed E-state index contributed by atoms with van der Waals surface area (Å²) < 4.78 is 11.0. The van der Waals surface area contributed by atoms with Gasteiger partial charge in [0.1, 0.15) is 11.1 Å². The molecule has 1 amide bonds. The van der Waals surface area contributed by atoms with Crippen molar-refractivity contribution in [3.8, 4) is 0 Å². The van der Waals surface area contributed by atoms with Crippen molar-refractivity contribution in [2.24, 2.45) is 0 Å². The second kappa shape index (κ2) is 6.59. The largest absolute Gasteiger partial charge is 0.451 e. The molecular weight excluding hydrogens is 330 g/mol. The summed E-state index contributed by atoms with van der Waals surface area (Å²) in [6.07, 6.45) is 5.95. The highest BCUT2D eigenvalue weighted by atomic mass is 16.5. The maximum absolute atomic E-state index is 13.1. The lowest BCUT2D eigenvalue weighted by atomic mass is 9.89. The molecule has 3 aromatic rings. The van der Waals surface area contributed by atoms with Gasteiger partial charge in [-0.25, -0.2) is 0 Å². The zero-order valence-corrected chi connectivity index (χ0v) is 15.2. The number of carbonyl (C=O) groups excluding carboxylic acids is 1. The van der Waals surface area contributed by atoms with Crippen LogP contribution in [0.3, 0.4) is 0 Å². The summed E-state index contributed by atoms with van der Waals surface area (Å²) >= 11 is 0. The number of aromatic nitrogens is 2. The standard InChI is InChI=1S/C20H23N3O3/c1-13-15-9-5-6-10-16(15)25-17(13)18(24)22-20(11-7-3-4-8-12-20)19-21-14(2)26-23-19/h5-6,9-10H,3-4,7-8,11-12H2,1-2H3,(H,22,24). The van der Waals surface area contributed by atoms with Gasteiger partial charge in [-0.05, 0) is 25.8 Å². The van der Waals surface area contributed by atoms with Crippen LogP contribution in [0.5, 0.6) is 0 Å². The molecule has 0 unspecified atom stereocenters. The fourth-order valence-electron chi connectivity index (χ4n) is 3.90. The van der Waals surface area contributed by atoms with E-state index in [1.807, 2.05) is 31.2 Å². The van der Waals surface area contributed by atoms with Gasteiger partial charge in [-0.2, -0.15) is 4.98 Å². The molecule has 1 aliphatic carbocycles. The molecule has 0 atom stereocenters. The van der Waals surface area contributed by atoms with Gasteiger partial charge in [-0.15, -0.1) is 0 Å². The van der Waals surface area contributed by atoms with Crippen molar-refractivity contribution in [2.75, 3.05) is 0 Å². The van der Waals surface area contributed by atoms with Crippen molar-refractivity contribution < 1.29 is 13.7 Å². The Balaban J connectivity index is 1.70. The van der Waals surface area contributed by atoms with Crippen LogP contribution in [0.2, 0.25) is 0 Å². The summed E-state index contributed by atoms with van der Waals surface area (Å²) in [4.78, 5) is 17.5. The smallest absolute Gasteiger partial charge is 0.288 e. The molecule has 2 heterocycles. The quantitative estimate of drug-likeness (QED) is 0.705. The first kappa shape index (κ1) is 16.8. The number of rotatable bonds is 3. The van der Waals surface area contributed by atoms with Gasteiger partial charge in [0.05, 0.1) is 0 Å². The number of para-hydroxylation sites is 1. The molecule has 4 rings (SSSR count). The molecule has 0 radical (unpaired) electrons. The summed E-state index contributed by atoms with van der Waals surface area (Å²) in [5.41, 5.74) is 0.975. The summed E-state index contributed by atoms with van der Waals surface area (Å²) in [7, 11) is 0. The van der Waals surface area contributed by atoms with Crippen LogP contribution in [0.25, 0.3) is 11.0 Å². The molecule has 2 aromatic heterocycles. The molecular formula is C20H23N3O3. The van der Waals surface area contributed by atoms with E-state index in [0.717, 1.165) is 55.1 Å². The molecule has 6 heteroatoms. The van der Waals surface area contributed by atoms with Gasteiger partial charge >= 0.3 is 0 Å². The third kappa shape index (κ3) is 2.89. The Kier molecular flexibility index (Phi) is 4.26. The minimum atomic E-state index is -0.600. The Morgan fingerprint density at radius 2 is 1.85 bits per heavy atom.